The molecule has 0 radical (unpaired) electrons. The lowest BCUT2D eigenvalue weighted by atomic mass is 9.86. The monoisotopic (exact) mass is 212 g/mol. The zero-order valence-electron chi connectivity index (χ0n) is 9.06. The predicted molar refractivity (Wildman–Crippen MR) is 57.1 cm³/mol. The van der Waals surface area contributed by atoms with E-state index in [1.807, 2.05) is 4.90 Å². The van der Waals surface area contributed by atoms with E-state index in [-0.39, 0.29) is 24.0 Å². The summed E-state index contributed by atoms with van der Waals surface area (Å²) in [5.41, 5.74) is 5.65. The first-order chi connectivity index (χ1) is 7.18. The molecular formula is C11H20N2O2. The molecule has 0 bridgehead atoms. The Labute approximate surface area is 90.4 Å². The molecule has 4 heteroatoms. The molecule has 1 saturated heterocycles. The zero-order valence-corrected chi connectivity index (χ0v) is 9.06. The van der Waals surface area contributed by atoms with E-state index in [0.717, 1.165) is 32.2 Å². The maximum atomic E-state index is 11.6. The molecule has 2 rings (SSSR count). The van der Waals surface area contributed by atoms with E-state index >= 15 is 0 Å². The van der Waals surface area contributed by atoms with Gasteiger partial charge in [0.25, 0.3) is 0 Å². The summed E-state index contributed by atoms with van der Waals surface area (Å²) < 4.78 is 0. The number of carbonyl (C=O) groups excluding carboxylic acids is 1. The first-order valence-corrected chi connectivity index (χ1v) is 5.91. The van der Waals surface area contributed by atoms with Gasteiger partial charge in [-0.05, 0) is 19.3 Å². The van der Waals surface area contributed by atoms with Gasteiger partial charge in [-0.1, -0.05) is 12.8 Å². The fraction of sp³-hybridized carbons (Fsp3) is 0.909. The molecule has 0 spiro atoms. The van der Waals surface area contributed by atoms with Crippen LogP contribution in [0.25, 0.3) is 0 Å². The van der Waals surface area contributed by atoms with E-state index in [1.165, 1.54) is 6.42 Å². The molecule has 0 aromatic rings. The Morgan fingerprint density at radius 3 is 2.67 bits per heavy atom. The highest BCUT2D eigenvalue weighted by Gasteiger charge is 2.32. The maximum Gasteiger partial charge on any atom is 0.239 e. The second kappa shape index (κ2) is 4.49. The van der Waals surface area contributed by atoms with Gasteiger partial charge in [-0.2, -0.15) is 0 Å². The van der Waals surface area contributed by atoms with Gasteiger partial charge in [-0.15, -0.1) is 0 Å². The molecule has 1 heterocycles. The standard InChI is InChI=1S/C11H20N2O2/c12-9-5-6-13(11(9)15)7-8-3-1-2-4-10(8)14/h8-10,14H,1-7,12H2. The van der Waals surface area contributed by atoms with E-state index in [2.05, 4.69) is 0 Å². The van der Waals surface area contributed by atoms with Crippen molar-refractivity contribution in [2.45, 2.75) is 44.2 Å². The van der Waals surface area contributed by atoms with Crippen LogP contribution < -0.4 is 5.73 Å². The van der Waals surface area contributed by atoms with Crippen LogP contribution >= 0.6 is 0 Å². The van der Waals surface area contributed by atoms with Crippen LogP contribution in [0.3, 0.4) is 0 Å². The fourth-order valence-electron chi connectivity index (χ4n) is 2.63. The van der Waals surface area contributed by atoms with E-state index < -0.39 is 0 Å². The molecule has 0 aromatic heterocycles. The normalized spacial score (nSPS) is 37.3. The summed E-state index contributed by atoms with van der Waals surface area (Å²) in [4.78, 5) is 13.4. The number of hydrogen-bond acceptors (Lipinski definition) is 3. The molecule has 15 heavy (non-hydrogen) atoms. The summed E-state index contributed by atoms with van der Waals surface area (Å²) in [6, 6.07) is -0.300. The van der Waals surface area contributed by atoms with E-state index in [0.29, 0.717) is 6.54 Å². The second-order valence-corrected chi connectivity index (χ2v) is 4.79. The van der Waals surface area contributed by atoms with Gasteiger partial charge in [-0.25, -0.2) is 0 Å². The van der Waals surface area contributed by atoms with Crippen LogP contribution in [0.1, 0.15) is 32.1 Å². The third kappa shape index (κ3) is 2.32. The highest BCUT2D eigenvalue weighted by atomic mass is 16.3. The van der Waals surface area contributed by atoms with Gasteiger partial charge in [0.1, 0.15) is 0 Å². The van der Waals surface area contributed by atoms with Crippen LogP contribution in [0.2, 0.25) is 0 Å². The van der Waals surface area contributed by atoms with Crippen LogP contribution in [-0.4, -0.2) is 41.1 Å². The average Bonchev–Trinajstić information content (AvgIpc) is 2.53. The number of amides is 1. The maximum absolute atomic E-state index is 11.6. The minimum atomic E-state index is -0.300. The number of hydrogen-bond donors (Lipinski definition) is 2. The van der Waals surface area contributed by atoms with Crippen molar-refractivity contribution in [1.82, 2.24) is 4.90 Å². The quantitative estimate of drug-likeness (QED) is 0.682. The van der Waals surface area contributed by atoms with Gasteiger partial charge in [0.2, 0.25) is 5.91 Å². The molecule has 1 saturated carbocycles. The van der Waals surface area contributed by atoms with E-state index in [4.69, 9.17) is 5.73 Å². The molecule has 0 aromatic carbocycles. The number of aliphatic hydroxyl groups is 1. The summed E-state index contributed by atoms with van der Waals surface area (Å²) in [6.45, 7) is 1.47. The fourth-order valence-corrected chi connectivity index (χ4v) is 2.63. The average molecular weight is 212 g/mol. The van der Waals surface area contributed by atoms with Crippen LogP contribution in [0.5, 0.6) is 0 Å². The molecule has 4 nitrogen and oxygen atoms in total. The van der Waals surface area contributed by atoms with Crippen molar-refractivity contribution in [1.29, 1.82) is 0 Å². The van der Waals surface area contributed by atoms with Crippen molar-refractivity contribution in [2.75, 3.05) is 13.1 Å². The molecule has 86 valence electrons. The second-order valence-electron chi connectivity index (χ2n) is 4.79. The van der Waals surface area contributed by atoms with Gasteiger partial charge in [-0.3, -0.25) is 4.79 Å². The summed E-state index contributed by atoms with van der Waals surface area (Å²) >= 11 is 0. The van der Waals surface area contributed by atoms with Crippen LogP contribution in [0, 0.1) is 5.92 Å². The van der Waals surface area contributed by atoms with E-state index in [9.17, 15) is 9.90 Å². The molecule has 3 unspecified atom stereocenters. The largest absolute Gasteiger partial charge is 0.393 e. The topological polar surface area (TPSA) is 66.6 Å². The lowest BCUT2D eigenvalue weighted by Gasteiger charge is -2.31. The SMILES string of the molecule is NC1CCN(CC2CCCCC2O)C1=O. The number of nitrogens with zero attached hydrogens (tertiary/aromatic N) is 1. The molecule has 3 atom stereocenters. The third-order valence-electron chi connectivity index (χ3n) is 3.66. The third-order valence-corrected chi connectivity index (χ3v) is 3.66. The van der Waals surface area contributed by atoms with Crippen molar-refractivity contribution >= 4 is 5.91 Å². The Kier molecular flexibility index (Phi) is 3.26. The summed E-state index contributed by atoms with van der Waals surface area (Å²) in [6.07, 6.45) is 4.77. The van der Waals surface area contributed by atoms with Crippen LogP contribution in [0.4, 0.5) is 0 Å². The highest BCUT2D eigenvalue weighted by molar-refractivity contribution is 5.83. The lowest BCUT2D eigenvalue weighted by molar-refractivity contribution is -0.130. The van der Waals surface area contributed by atoms with Crippen molar-refractivity contribution in [3.63, 3.8) is 0 Å². The van der Waals surface area contributed by atoms with Gasteiger partial charge < -0.3 is 15.7 Å². The molecule has 3 N–H and O–H groups in total. The van der Waals surface area contributed by atoms with Gasteiger partial charge in [0.05, 0.1) is 12.1 Å². The number of likely N-dealkylation sites (tertiary alicyclic amines) is 1. The number of rotatable bonds is 2. The zero-order chi connectivity index (χ0) is 10.8. The molecule has 2 fully saturated rings. The Hall–Kier alpha value is -0.610. The minimum absolute atomic E-state index is 0.0628. The van der Waals surface area contributed by atoms with E-state index in [1.54, 1.807) is 0 Å². The van der Waals surface area contributed by atoms with Gasteiger partial charge in [0.15, 0.2) is 0 Å². The lowest BCUT2D eigenvalue weighted by Crippen LogP contribution is -2.40. The molecular weight excluding hydrogens is 192 g/mol. The first-order valence-electron chi connectivity index (χ1n) is 5.91. The Morgan fingerprint density at radius 1 is 1.33 bits per heavy atom. The van der Waals surface area contributed by atoms with Gasteiger partial charge in [0, 0.05) is 19.0 Å². The Balaban J connectivity index is 1.88. The van der Waals surface area contributed by atoms with Gasteiger partial charge >= 0.3 is 0 Å². The van der Waals surface area contributed by atoms with Crippen molar-refractivity contribution in [3.8, 4) is 0 Å². The highest BCUT2D eigenvalue weighted by Crippen LogP contribution is 2.26. The smallest absolute Gasteiger partial charge is 0.239 e. The van der Waals surface area contributed by atoms with Crippen molar-refractivity contribution in [2.24, 2.45) is 11.7 Å². The Bertz CT molecular complexity index is 245. The van der Waals surface area contributed by atoms with Crippen molar-refractivity contribution in [3.05, 3.63) is 0 Å². The number of nitrogens with two attached hydrogens (primary N) is 1. The van der Waals surface area contributed by atoms with Crippen LogP contribution in [-0.2, 0) is 4.79 Å². The molecule has 2 aliphatic rings. The molecule has 1 amide bonds. The van der Waals surface area contributed by atoms with Crippen molar-refractivity contribution < 1.29 is 9.90 Å². The predicted octanol–water partition coefficient (Wildman–Crippen LogP) is 0.0971. The van der Waals surface area contributed by atoms with Crippen LogP contribution in [0.15, 0.2) is 0 Å². The Morgan fingerprint density at radius 2 is 2.07 bits per heavy atom. The minimum Gasteiger partial charge on any atom is -0.393 e. The summed E-state index contributed by atoms with van der Waals surface area (Å²) in [7, 11) is 0. The molecule has 1 aliphatic heterocycles. The number of aliphatic hydroxyl groups excluding tert-OH is 1. The summed E-state index contributed by atoms with van der Waals surface area (Å²) in [5.74, 6) is 0.334. The molecule has 1 aliphatic carbocycles. The summed E-state index contributed by atoms with van der Waals surface area (Å²) in [5, 5.41) is 9.81. The first kappa shape index (κ1) is 10.9. The number of carbonyl (C=O) groups is 1.